The van der Waals surface area contributed by atoms with E-state index in [1.54, 1.807) is 30.3 Å². The Hall–Kier alpha value is -2.01. The Morgan fingerprint density at radius 1 is 1.29 bits per heavy atom. The van der Waals surface area contributed by atoms with Crippen molar-refractivity contribution in [3.05, 3.63) is 35.9 Å². The standard InChI is InChI=1S/C16H20O5/c1-2-10-21-15(19)16(20,9-8-13(11-17)12-18)14-6-4-3-5-7-14/h3-7,11-13,20H,2,8-10H2,1H3. The van der Waals surface area contributed by atoms with E-state index >= 15 is 0 Å². The molecule has 0 aliphatic carbocycles. The number of benzene rings is 1. The van der Waals surface area contributed by atoms with E-state index in [1.165, 1.54) is 0 Å². The minimum atomic E-state index is -1.85. The Kier molecular flexibility index (Phi) is 6.75. The van der Waals surface area contributed by atoms with Gasteiger partial charge in [0.05, 0.1) is 12.5 Å². The minimum Gasteiger partial charge on any atom is -0.463 e. The van der Waals surface area contributed by atoms with Crippen molar-refractivity contribution >= 4 is 18.5 Å². The number of carbonyl (C=O) groups excluding carboxylic acids is 3. The number of esters is 1. The molecule has 1 rings (SSSR count). The molecule has 0 fully saturated rings. The number of rotatable bonds is 9. The lowest BCUT2D eigenvalue weighted by atomic mass is 9.86. The van der Waals surface area contributed by atoms with Crippen LogP contribution in [0.3, 0.4) is 0 Å². The quantitative estimate of drug-likeness (QED) is 0.425. The first-order valence-corrected chi connectivity index (χ1v) is 6.94. The summed E-state index contributed by atoms with van der Waals surface area (Å²) in [6.07, 6.45) is 1.69. The first-order chi connectivity index (χ1) is 10.1. The molecule has 0 spiro atoms. The van der Waals surface area contributed by atoms with E-state index in [2.05, 4.69) is 0 Å². The summed E-state index contributed by atoms with van der Waals surface area (Å²) in [5.41, 5.74) is -1.46. The van der Waals surface area contributed by atoms with E-state index in [0.717, 1.165) is 0 Å². The largest absolute Gasteiger partial charge is 0.463 e. The smallest absolute Gasteiger partial charge is 0.342 e. The summed E-state index contributed by atoms with van der Waals surface area (Å²) in [4.78, 5) is 33.6. The summed E-state index contributed by atoms with van der Waals surface area (Å²) in [5, 5.41) is 10.7. The highest BCUT2D eigenvalue weighted by molar-refractivity contribution is 5.81. The third-order valence-corrected chi connectivity index (χ3v) is 3.22. The van der Waals surface area contributed by atoms with Gasteiger partial charge in [0, 0.05) is 0 Å². The second kappa shape index (κ2) is 8.32. The topological polar surface area (TPSA) is 80.7 Å². The van der Waals surface area contributed by atoms with Crippen LogP contribution in [0, 0.1) is 5.92 Å². The van der Waals surface area contributed by atoms with E-state index in [-0.39, 0.29) is 19.4 Å². The fourth-order valence-electron chi connectivity index (χ4n) is 1.94. The van der Waals surface area contributed by atoms with Gasteiger partial charge in [0.15, 0.2) is 5.60 Å². The predicted molar refractivity (Wildman–Crippen MR) is 76.4 cm³/mol. The summed E-state index contributed by atoms with van der Waals surface area (Å²) >= 11 is 0. The molecule has 0 saturated carbocycles. The maximum absolute atomic E-state index is 12.2. The average Bonchev–Trinajstić information content (AvgIpc) is 2.54. The Morgan fingerprint density at radius 2 is 1.90 bits per heavy atom. The SMILES string of the molecule is CCCOC(=O)C(O)(CCC(C=O)C=O)c1ccccc1. The molecule has 114 valence electrons. The molecule has 0 aromatic heterocycles. The number of hydrogen-bond acceptors (Lipinski definition) is 5. The molecule has 0 amide bonds. The van der Waals surface area contributed by atoms with Gasteiger partial charge in [0.1, 0.15) is 12.6 Å². The Labute approximate surface area is 123 Å². The molecule has 1 unspecified atom stereocenters. The highest BCUT2D eigenvalue weighted by Crippen LogP contribution is 2.29. The van der Waals surface area contributed by atoms with Crippen molar-refractivity contribution in [2.24, 2.45) is 5.92 Å². The number of hydrogen-bond donors (Lipinski definition) is 1. The Balaban J connectivity index is 2.96. The number of ether oxygens (including phenoxy) is 1. The van der Waals surface area contributed by atoms with Gasteiger partial charge in [-0.15, -0.1) is 0 Å². The van der Waals surface area contributed by atoms with E-state index < -0.39 is 17.5 Å². The summed E-state index contributed by atoms with van der Waals surface area (Å²) in [6, 6.07) is 8.39. The van der Waals surface area contributed by atoms with Crippen molar-refractivity contribution < 1.29 is 24.2 Å². The van der Waals surface area contributed by atoms with Crippen molar-refractivity contribution in [2.75, 3.05) is 6.61 Å². The van der Waals surface area contributed by atoms with E-state index in [9.17, 15) is 19.5 Å². The maximum atomic E-state index is 12.2. The van der Waals surface area contributed by atoms with Crippen molar-refractivity contribution in [1.29, 1.82) is 0 Å². The van der Waals surface area contributed by atoms with Crippen LogP contribution >= 0.6 is 0 Å². The second-order valence-corrected chi connectivity index (χ2v) is 4.84. The van der Waals surface area contributed by atoms with Gasteiger partial charge < -0.3 is 19.4 Å². The molecule has 0 heterocycles. The van der Waals surface area contributed by atoms with Crippen molar-refractivity contribution in [2.45, 2.75) is 31.8 Å². The molecule has 0 aliphatic heterocycles. The normalized spacial score (nSPS) is 13.5. The third kappa shape index (κ3) is 4.49. The molecule has 1 aromatic carbocycles. The molecule has 0 radical (unpaired) electrons. The van der Waals surface area contributed by atoms with Gasteiger partial charge in [-0.05, 0) is 24.8 Å². The van der Waals surface area contributed by atoms with Crippen LogP contribution in [0.5, 0.6) is 0 Å². The Morgan fingerprint density at radius 3 is 2.43 bits per heavy atom. The van der Waals surface area contributed by atoms with E-state index in [1.807, 2.05) is 6.92 Å². The molecule has 1 atom stereocenters. The second-order valence-electron chi connectivity index (χ2n) is 4.84. The molecule has 5 nitrogen and oxygen atoms in total. The fourth-order valence-corrected chi connectivity index (χ4v) is 1.94. The van der Waals surface area contributed by atoms with Crippen LogP contribution in [-0.2, 0) is 24.7 Å². The minimum absolute atomic E-state index is 0.0539. The lowest BCUT2D eigenvalue weighted by Gasteiger charge is -2.27. The zero-order chi connectivity index (χ0) is 15.7. The van der Waals surface area contributed by atoms with E-state index in [0.29, 0.717) is 24.6 Å². The first kappa shape index (κ1) is 17.0. The third-order valence-electron chi connectivity index (χ3n) is 3.22. The highest BCUT2D eigenvalue weighted by Gasteiger charge is 2.39. The van der Waals surface area contributed by atoms with Crippen LogP contribution < -0.4 is 0 Å². The lowest BCUT2D eigenvalue weighted by Crippen LogP contribution is -2.38. The van der Waals surface area contributed by atoms with Crippen LogP contribution in [0.15, 0.2) is 30.3 Å². The molecule has 21 heavy (non-hydrogen) atoms. The number of carbonyl (C=O) groups is 3. The Bertz CT molecular complexity index is 463. The molecular formula is C16H20O5. The monoisotopic (exact) mass is 292 g/mol. The summed E-state index contributed by atoms with van der Waals surface area (Å²) in [5.74, 6) is -1.59. The molecule has 1 N–H and O–H groups in total. The van der Waals surface area contributed by atoms with Crippen molar-refractivity contribution in [1.82, 2.24) is 0 Å². The summed E-state index contributed by atoms with van der Waals surface area (Å²) in [7, 11) is 0. The van der Waals surface area contributed by atoms with Crippen LogP contribution in [-0.4, -0.2) is 30.3 Å². The molecule has 1 aromatic rings. The zero-order valence-corrected chi connectivity index (χ0v) is 12.0. The first-order valence-electron chi connectivity index (χ1n) is 6.94. The number of aliphatic hydroxyl groups is 1. The molecule has 5 heteroatoms. The molecule has 0 bridgehead atoms. The molecule has 0 saturated heterocycles. The van der Waals surface area contributed by atoms with Crippen molar-refractivity contribution in [3.63, 3.8) is 0 Å². The maximum Gasteiger partial charge on any atom is 0.342 e. The predicted octanol–water partition coefficient (Wildman–Crippen LogP) is 1.62. The van der Waals surface area contributed by atoms with Crippen LogP contribution in [0.25, 0.3) is 0 Å². The van der Waals surface area contributed by atoms with Gasteiger partial charge in [-0.3, -0.25) is 0 Å². The van der Waals surface area contributed by atoms with Gasteiger partial charge in [0.25, 0.3) is 0 Å². The number of aldehydes is 2. The van der Waals surface area contributed by atoms with Gasteiger partial charge >= 0.3 is 5.97 Å². The van der Waals surface area contributed by atoms with Crippen molar-refractivity contribution in [3.8, 4) is 0 Å². The summed E-state index contributed by atoms with van der Waals surface area (Å²) < 4.78 is 5.04. The summed E-state index contributed by atoms with van der Waals surface area (Å²) in [6.45, 7) is 2.06. The molecular weight excluding hydrogens is 272 g/mol. The van der Waals surface area contributed by atoms with Gasteiger partial charge in [-0.25, -0.2) is 4.79 Å². The van der Waals surface area contributed by atoms with Crippen LogP contribution in [0.4, 0.5) is 0 Å². The lowest BCUT2D eigenvalue weighted by molar-refractivity contribution is -0.168. The van der Waals surface area contributed by atoms with Gasteiger partial charge in [0.2, 0.25) is 0 Å². The highest BCUT2D eigenvalue weighted by atomic mass is 16.5. The fraction of sp³-hybridized carbons (Fsp3) is 0.438. The van der Waals surface area contributed by atoms with Gasteiger partial charge in [-0.2, -0.15) is 0 Å². The average molecular weight is 292 g/mol. The van der Waals surface area contributed by atoms with Crippen LogP contribution in [0.1, 0.15) is 31.7 Å². The van der Waals surface area contributed by atoms with Crippen LogP contribution in [0.2, 0.25) is 0 Å². The van der Waals surface area contributed by atoms with Gasteiger partial charge in [-0.1, -0.05) is 37.3 Å². The molecule has 0 aliphatic rings. The zero-order valence-electron chi connectivity index (χ0n) is 12.0. The van der Waals surface area contributed by atoms with E-state index in [4.69, 9.17) is 4.74 Å².